The lowest BCUT2D eigenvalue weighted by atomic mass is 9.94. The Morgan fingerprint density at radius 3 is 2.22 bits per heavy atom. The molecule has 37 heavy (non-hydrogen) atoms. The number of sulfonamides is 1. The van der Waals surface area contributed by atoms with Gasteiger partial charge in [0.25, 0.3) is 0 Å². The van der Waals surface area contributed by atoms with E-state index in [4.69, 9.17) is 0 Å². The van der Waals surface area contributed by atoms with Gasteiger partial charge in [-0.05, 0) is 47.7 Å². The van der Waals surface area contributed by atoms with Gasteiger partial charge in [0, 0.05) is 40.3 Å². The molecule has 3 rings (SSSR count). The number of nitrogens with zero attached hydrogens (tertiary/aromatic N) is 5. The third-order valence-corrected chi connectivity index (χ3v) is 8.08. The maximum atomic E-state index is 13.5. The molecule has 0 unspecified atom stereocenters. The molecule has 2 amide bonds. The van der Waals surface area contributed by atoms with Crippen LogP contribution in [-0.4, -0.2) is 70.3 Å². The third-order valence-electron chi connectivity index (χ3n) is 6.35. The van der Waals surface area contributed by atoms with Gasteiger partial charge in [-0.25, -0.2) is 17.6 Å². The number of hydrogen-bond donors (Lipinski definition) is 0. The van der Waals surface area contributed by atoms with Crippen molar-refractivity contribution in [1.82, 2.24) is 9.80 Å². The first-order valence-corrected chi connectivity index (χ1v) is 13.9. The molecule has 0 aromatic heterocycles. The average Bonchev–Trinajstić information content (AvgIpc) is 2.86. The van der Waals surface area contributed by atoms with Crippen molar-refractivity contribution < 1.29 is 17.6 Å². The van der Waals surface area contributed by atoms with Gasteiger partial charge >= 0.3 is 6.03 Å². The van der Waals surface area contributed by atoms with Gasteiger partial charge in [-0.2, -0.15) is 5.26 Å². The number of rotatable bonds is 7. The van der Waals surface area contributed by atoms with Crippen LogP contribution >= 0.6 is 0 Å². The second-order valence-electron chi connectivity index (χ2n) is 10.7. The standard InChI is InChI=1S/C27H36FN5O3S/c1-27(2,3)12-17-37(35,36)33(20-21-6-8-23(28)9-7-21)24-10-11-25(22(18-24)19-29)31-13-15-32(16-14-31)26(34)30(4)5/h6-11,18H,12-17,20H2,1-5H3. The Bertz CT molecular complexity index is 1240. The molecule has 200 valence electrons. The summed E-state index contributed by atoms with van der Waals surface area (Å²) < 4.78 is 41.8. The first kappa shape index (κ1) is 28.3. The van der Waals surface area contributed by atoms with Crippen molar-refractivity contribution in [3.63, 3.8) is 0 Å². The van der Waals surface area contributed by atoms with Crippen LogP contribution < -0.4 is 9.21 Å². The van der Waals surface area contributed by atoms with Gasteiger partial charge in [0.2, 0.25) is 10.0 Å². The number of halogens is 1. The van der Waals surface area contributed by atoms with Crippen LogP contribution in [0.3, 0.4) is 0 Å². The zero-order chi connectivity index (χ0) is 27.4. The average molecular weight is 530 g/mol. The van der Waals surface area contributed by atoms with E-state index in [2.05, 4.69) is 6.07 Å². The molecule has 1 heterocycles. The first-order valence-electron chi connectivity index (χ1n) is 12.3. The number of urea groups is 1. The maximum Gasteiger partial charge on any atom is 0.319 e. The molecule has 0 aliphatic carbocycles. The first-order chi connectivity index (χ1) is 17.3. The minimum absolute atomic E-state index is 0.0301. The molecule has 10 heteroatoms. The molecule has 0 bridgehead atoms. The second-order valence-corrected chi connectivity index (χ2v) is 12.7. The van der Waals surface area contributed by atoms with Crippen LogP contribution in [0.4, 0.5) is 20.6 Å². The van der Waals surface area contributed by atoms with Gasteiger partial charge in [-0.1, -0.05) is 32.9 Å². The van der Waals surface area contributed by atoms with Crippen molar-refractivity contribution in [2.75, 3.05) is 55.2 Å². The van der Waals surface area contributed by atoms with Crippen LogP contribution in [0, 0.1) is 22.6 Å². The number of piperazine rings is 1. The van der Waals surface area contributed by atoms with Crippen LogP contribution in [0.1, 0.15) is 38.3 Å². The quantitative estimate of drug-likeness (QED) is 0.535. The Morgan fingerprint density at radius 1 is 1.05 bits per heavy atom. The summed E-state index contributed by atoms with van der Waals surface area (Å²) in [6, 6.07) is 13.0. The Hall–Kier alpha value is -3.32. The molecular formula is C27H36FN5O3S. The fourth-order valence-electron chi connectivity index (χ4n) is 4.12. The predicted molar refractivity (Wildman–Crippen MR) is 144 cm³/mol. The lowest BCUT2D eigenvalue weighted by molar-refractivity contribution is 0.168. The fraction of sp³-hybridized carbons (Fsp3) is 0.481. The minimum atomic E-state index is -3.74. The van der Waals surface area contributed by atoms with Crippen LogP contribution in [0.25, 0.3) is 0 Å². The minimum Gasteiger partial charge on any atom is -0.367 e. The van der Waals surface area contributed by atoms with Gasteiger partial charge in [0.1, 0.15) is 11.9 Å². The number of benzene rings is 2. The van der Waals surface area contributed by atoms with Gasteiger partial charge in [-0.3, -0.25) is 4.31 Å². The van der Waals surface area contributed by atoms with Crippen LogP contribution in [0.5, 0.6) is 0 Å². The zero-order valence-electron chi connectivity index (χ0n) is 22.2. The molecule has 2 aromatic rings. The van der Waals surface area contributed by atoms with E-state index in [1.165, 1.54) is 16.4 Å². The molecule has 1 fully saturated rings. The SMILES string of the molecule is CN(C)C(=O)N1CCN(c2ccc(N(Cc3ccc(F)cc3)S(=O)(=O)CCC(C)(C)C)cc2C#N)CC1. The fourth-order valence-corrected chi connectivity index (χ4v) is 5.99. The van der Waals surface area contributed by atoms with Crippen molar-refractivity contribution in [1.29, 1.82) is 5.26 Å². The molecule has 1 saturated heterocycles. The van der Waals surface area contributed by atoms with E-state index < -0.39 is 15.8 Å². The topological polar surface area (TPSA) is 88.0 Å². The van der Waals surface area contributed by atoms with Crippen molar-refractivity contribution in [2.45, 2.75) is 33.7 Å². The highest BCUT2D eigenvalue weighted by atomic mass is 32.2. The van der Waals surface area contributed by atoms with Crippen molar-refractivity contribution in [3.05, 3.63) is 59.4 Å². The predicted octanol–water partition coefficient (Wildman–Crippen LogP) is 4.27. The normalized spacial score (nSPS) is 14.3. The number of nitriles is 1. The second kappa shape index (κ2) is 11.4. The Morgan fingerprint density at radius 2 is 1.68 bits per heavy atom. The van der Waals surface area contributed by atoms with E-state index in [1.807, 2.05) is 25.7 Å². The largest absolute Gasteiger partial charge is 0.367 e. The van der Waals surface area contributed by atoms with E-state index in [1.54, 1.807) is 54.2 Å². The van der Waals surface area contributed by atoms with Gasteiger partial charge in [-0.15, -0.1) is 0 Å². The highest BCUT2D eigenvalue weighted by Gasteiger charge is 2.28. The van der Waals surface area contributed by atoms with Gasteiger partial charge < -0.3 is 14.7 Å². The summed E-state index contributed by atoms with van der Waals surface area (Å²) in [6.45, 7) is 8.18. The van der Waals surface area contributed by atoms with E-state index in [0.717, 1.165) is 0 Å². The number of hydrogen-bond acceptors (Lipinski definition) is 5. The summed E-state index contributed by atoms with van der Waals surface area (Å²) in [5, 5.41) is 9.94. The zero-order valence-corrected chi connectivity index (χ0v) is 23.1. The van der Waals surface area contributed by atoms with Crippen LogP contribution in [-0.2, 0) is 16.6 Å². The molecule has 0 saturated carbocycles. The molecule has 2 aromatic carbocycles. The van der Waals surface area contributed by atoms with Gasteiger partial charge in [0.05, 0.1) is 29.2 Å². The summed E-state index contributed by atoms with van der Waals surface area (Å²) in [5.74, 6) is -0.446. The number of amides is 2. The maximum absolute atomic E-state index is 13.5. The molecule has 0 spiro atoms. The Balaban J connectivity index is 1.90. The highest BCUT2D eigenvalue weighted by Crippen LogP contribution is 2.31. The molecule has 1 aliphatic rings. The Kier molecular flexibility index (Phi) is 8.69. The van der Waals surface area contributed by atoms with Crippen molar-refractivity contribution in [3.8, 4) is 6.07 Å². The van der Waals surface area contributed by atoms with Crippen LogP contribution in [0.15, 0.2) is 42.5 Å². The molecular weight excluding hydrogens is 493 g/mol. The summed E-state index contributed by atoms with van der Waals surface area (Å²) in [5.41, 5.74) is 1.92. The number of carbonyl (C=O) groups is 1. The van der Waals surface area contributed by atoms with Crippen molar-refractivity contribution in [2.24, 2.45) is 5.41 Å². The lowest BCUT2D eigenvalue weighted by Crippen LogP contribution is -2.51. The lowest BCUT2D eigenvalue weighted by Gasteiger charge is -2.37. The summed E-state index contributed by atoms with van der Waals surface area (Å²) in [7, 11) is -0.303. The highest BCUT2D eigenvalue weighted by molar-refractivity contribution is 7.92. The van der Waals surface area contributed by atoms with E-state index in [-0.39, 0.29) is 23.7 Å². The summed E-state index contributed by atoms with van der Waals surface area (Å²) in [6.07, 6.45) is 0.467. The van der Waals surface area contributed by atoms with E-state index in [0.29, 0.717) is 55.1 Å². The van der Waals surface area contributed by atoms with E-state index >= 15 is 0 Å². The number of carbonyl (C=O) groups excluding carboxylic acids is 1. The summed E-state index contributed by atoms with van der Waals surface area (Å²) >= 11 is 0. The smallest absolute Gasteiger partial charge is 0.319 e. The number of anilines is 2. The molecule has 0 N–H and O–H groups in total. The monoisotopic (exact) mass is 529 g/mol. The summed E-state index contributed by atoms with van der Waals surface area (Å²) in [4.78, 5) is 17.6. The molecule has 0 radical (unpaired) electrons. The molecule has 0 atom stereocenters. The Labute approximate surface area is 219 Å². The molecule has 1 aliphatic heterocycles. The van der Waals surface area contributed by atoms with E-state index in [9.17, 15) is 22.9 Å². The third kappa shape index (κ3) is 7.35. The van der Waals surface area contributed by atoms with Crippen molar-refractivity contribution >= 4 is 27.4 Å². The van der Waals surface area contributed by atoms with Gasteiger partial charge in [0.15, 0.2) is 0 Å². The molecule has 8 nitrogen and oxygen atoms in total. The van der Waals surface area contributed by atoms with Crippen LogP contribution in [0.2, 0.25) is 0 Å².